The van der Waals surface area contributed by atoms with Gasteiger partial charge in [-0.25, -0.2) is 13.4 Å². The predicted octanol–water partition coefficient (Wildman–Crippen LogP) is 1.90. The number of sulfonamides is 1. The number of quaternary nitrogens is 1. The molecule has 0 atom stereocenters. The van der Waals surface area contributed by atoms with E-state index in [0.717, 1.165) is 10.6 Å². The number of benzene rings is 1. The van der Waals surface area contributed by atoms with Crippen LogP contribution in [0, 0.1) is 5.21 Å². The van der Waals surface area contributed by atoms with Crippen LogP contribution in [0.2, 0.25) is 0 Å². The maximum atomic E-state index is 12.4. The van der Waals surface area contributed by atoms with Gasteiger partial charge in [0.2, 0.25) is 10.0 Å². The highest BCUT2D eigenvalue weighted by atomic mass is 32.2. The van der Waals surface area contributed by atoms with Crippen LogP contribution >= 0.6 is 11.3 Å². The molecule has 1 aliphatic rings. The van der Waals surface area contributed by atoms with Crippen LogP contribution in [0.25, 0.3) is 0 Å². The number of carbonyl (C=O) groups excluding carboxylic acids is 1. The molecule has 0 saturated carbocycles. The van der Waals surface area contributed by atoms with Gasteiger partial charge in [-0.3, -0.25) is 4.79 Å². The zero-order chi connectivity index (χ0) is 19.5. The van der Waals surface area contributed by atoms with Crippen molar-refractivity contribution in [1.82, 2.24) is 9.29 Å². The SMILES string of the molecule is C[N+]1([O-])CCN(S(=O)(=O)CCC(=O)c2cnc(Cc3ccccc3)s2)CC1. The van der Waals surface area contributed by atoms with E-state index in [1.54, 1.807) is 7.05 Å². The summed E-state index contributed by atoms with van der Waals surface area (Å²) in [5.41, 5.74) is 1.11. The van der Waals surface area contributed by atoms with E-state index in [2.05, 4.69) is 4.98 Å². The van der Waals surface area contributed by atoms with E-state index in [-0.39, 0.29) is 44.1 Å². The zero-order valence-electron chi connectivity index (χ0n) is 15.2. The van der Waals surface area contributed by atoms with Crippen LogP contribution in [0.5, 0.6) is 0 Å². The minimum Gasteiger partial charge on any atom is -0.633 e. The third-order valence-electron chi connectivity index (χ3n) is 4.65. The van der Waals surface area contributed by atoms with Crippen LogP contribution in [0.4, 0.5) is 0 Å². The number of Topliss-reactive ketones (excluding diaryl/α,β-unsaturated/α-hetero) is 1. The van der Waals surface area contributed by atoms with E-state index >= 15 is 0 Å². The Morgan fingerprint density at radius 1 is 1.26 bits per heavy atom. The van der Waals surface area contributed by atoms with Gasteiger partial charge in [-0.2, -0.15) is 4.31 Å². The van der Waals surface area contributed by atoms with Gasteiger partial charge in [0, 0.05) is 19.0 Å². The lowest BCUT2D eigenvalue weighted by atomic mass is 10.2. The average Bonchev–Trinajstić information content (AvgIpc) is 3.09. The fraction of sp³-hybridized carbons (Fsp3) is 0.444. The maximum absolute atomic E-state index is 12.4. The Morgan fingerprint density at radius 2 is 1.93 bits per heavy atom. The second kappa shape index (κ2) is 8.15. The molecule has 3 rings (SSSR count). The molecule has 2 aromatic rings. The summed E-state index contributed by atoms with van der Waals surface area (Å²) in [6.45, 7) is 0.895. The van der Waals surface area contributed by atoms with Crippen molar-refractivity contribution >= 4 is 27.1 Å². The van der Waals surface area contributed by atoms with Gasteiger partial charge in [0.15, 0.2) is 5.78 Å². The van der Waals surface area contributed by atoms with Crippen LogP contribution in [-0.4, -0.2) is 67.1 Å². The van der Waals surface area contributed by atoms with E-state index in [1.165, 1.54) is 21.8 Å². The molecule has 0 unspecified atom stereocenters. The van der Waals surface area contributed by atoms with Gasteiger partial charge in [-0.05, 0) is 5.56 Å². The Labute approximate surface area is 163 Å². The summed E-state index contributed by atoms with van der Waals surface area (Å²) in [5.74, 6) is -0.447. The zero-order valence-corrected chi connectivity index (χ0v) is 16.8. The molecule has 1 saturated heterocycles. The minimum absolute atomic E-state index is 0.0741. The van der Waals surface area contributed by atoms with E-state index in [9.17, 15) is 18.4 Å². The molecule has 1 fully saturated rings. The molecule has 0 bridgehead atoms. The van der Waals surface area contributed by atoms with Crippen molar-refractivity contribution < 1.29 is 17.9 Å². The number of likely N-dealkylation sites (N-methyl/N-ethyl adjacent to an activating group) is 1. The first-order chi connectivity index (χ1) is 12.8. The number of hydrogen-bond acceptors (Lipinski definition) is 6. The summed E-state index contributed by atoms with van der Waals surface area (Å²) in [4.78, 5) is 17.1. The Hall–Kier alpha value is -1.65. The van der Waals surface area contributed by atoms with Crippen molar-refractivity contribution in [2.75, 3.05) is 39.0 Å². The van der Waals surface area contributed by atoms with E-state index in [4.69, 9.17) is 0 Å². The molecule has 1 aliphatic heterocycles. The minimum atomic E-state index is -3.53. The fourth-order valence-electron chi connectivity index (χ4n) is 2.91. The van der Waals surface area contributed by atoms with Gasteiger partial charge >= 0.3 is 0 Å². The van der Waals surface area contributed by atoms with Crippen molar-refractivity contribution in [3.63, 3.8) is 0 Å². The van der Waals surface area contributed by atoms with Gasteiger partial charge in [-0.15, -0.1) is 11.3 Å². The molecule has 0 aliphatic carbocycles. The van der Waals surface area contributed by atoms with Gasteiger partial charge in [0.25, 0.3) is 0 Å². The molecule has 9 heteroatoms. The lowest BCUT2D eigenvalue weighted by Crippen LogP contribution is -2.55. The molecule has 1 aromatic carbocycles. The summed E-state index contributed by atoms with van der Waals surface area (Å²) < 4.78 is 25.8. The van der Waals surface area contributed by atoms with Crippen molar-refractivity contribution in [3.05, 3.63) is 57.2 Å². The van der Waals surface area contributed by atoms with Crippen molar-refractivity contribution in [2.45, 2.75) is 12.8 Å². The third-order valence-corrected chi connectivity index (χ3v) is 7.56. The molecule has 27 heavy (non-hydrogen) atoms. The summed E-state index contributed by atoms with van der Waals surface area (Å²) in [5, 5.41) is 12.7. The first-order valence-electron chi connectivity index (χ1n) is 8.80. The summed E-state index contributed by atoms with van der Waals surface area (Å²) in [7, 11) is -1.98. The van der Waals surface area contributed by atoms with Crippen LogP contribution in [0.3, 0.4) is 0 Å². The second-order valence-corrected chi connectivity index (χ2v) is 10.1. The summed E-state index contributed by atoms with van der Waals surface area (Å²) >= 11 is 1.31. The van der Waals surface area contributed by atoms with E-state index in [1.807, 2.05) is 30.3 Å². The highest BCUT2D eigenvalue weighted by molar-refractivity contribution is 7.89. The summed E-state index contributed by atoms with van der Waals surface area (Å²) in [6.07, 6.45) is 2.10. The third kappa shape index (κ3) is 5.43. The Kier molecular flexibility index (Phi) is 6.07. The van der Waals surface area contributed by atoms with Crippen molar-refractivity contribution in [3.8, 4) is 0 Å². The predicted molar refractivity (Wildman–Crippen MR) is 105 cm³/mol. The number of hydrogen-bond donors (Lipinski definition) is 0. The lowest BCUT2D eigenvalue weighted by Gasteiger charge is -2.44. The van der Waals surface area contributed by atoms with Crippen molar-refractivity contribution in [2.24, 2.45) is 0 Å². The lowest BCUT2D eigenvalue weighted by molar-refractivity contribution is -0.864. The molecular formula is C18H23N3O4S2. The standard InChI is InChI=1S/C18H23N3O4S2/c1-21(23)10-8-20(9-11-21)27(24,25)12-7-16(22)17-14-19-18(26-17)13-15-5-3-2-4-6-15/h2-6,14H,7-13H2,1H3. The first kappa shape index (κ1) is 20.1. The molecule has 1 aromatic heterocycles. The number of hydroxylamine groups is 3. The number of rotatable bonds is 7. The molecule has 0 radical (unpaired) electrons. The maximum Gasteiger partial charge on any atom is 0.214 e. The van der Waals surface area contributed by atoms with Gasteiger partial charge in [0.05, 0.1) is 48.9 Å². The largest absolute Gasteiger partial charge is 0.633 e. The molecule has 0 N–H and O–H groups in total. The molecular weight excluding hydrogens is 386 g/mol. The number of thiazole rings is 1. The monoisotopic (exact) mass is 409 g/mol. The number of carbonyl (C=O) groups is 1. The smallest absolute Gasteiger partial charge is 0.214 e. The molecule has 0 spiro atoms. The fourth-order valence-corrected chi connectivity index (χ4v) is 5.25. The normalized spacial score (nSPS) is 17.7. The summed E-state index contributed by atoms with van der Waals surface area (Å²) in [6, 6.07) is 9.85. The van der Waals surface area contributed by atoms with E-state index in [0.29, 0.717) is 11.3 Å². The highest BCUT2D eigenvalue weighted by Gasteiger charge is 2.30. The average molecular weight is 410 g/mol. The van der Waals surface area contributed by atoms with E-state index < -0.39 is 14.7 Å². The molecule has 2 heterocycles. The number of piperazine rings is 1. The van der Waals surface area contributed by atoms with Crippen LogP contribution in [0.1, 0.15) is 26.7 Å². The highest BCUT2D eigenvalue weighted by Crippen LogP contribution is 2.19. The van der Waals surface area contributed by atoms with Crippen LogP contribution in [0.15, 0.2) is 36.5 Å². The van der Waals surface area contributed by atoms with Crippen LogP contribution < -0.4 is 0 Å². The second-order valence-electron chi connectivity index (χ2n) is 6.91. The van der Waals surface area contributed by atoms with Crippen LogP contribution in [-0.2, 0) is 16.4 Å². The first-order valence-corrected chi connectivity index (χ1v) is 11.2. The molecule has 7 nitrogen and oxygen atoms in total. The van der Waals surface area contributed by atoms with Gasteiger partial charge in [-0.1, -0.05) is 30.3 Å². The Morgan fingerprint density at radius 3 is 2.59 bits per heavy atom. The topological polar surface area (TPSA) is 90.4 Å². The van der Waals surface area contributed by atoms with Gasteiger partial charge < -0.3 is 9.85 Å². The Bertz CT molecular complexity index is 884. The number of ketones is 1. The molecule has 0 amide bonds. The van der Waals surface area contributed by atoms with Gasteiger partial charge in [0.1, 0.15) is 0 Å². The number of aromatic nitrogens is 1. The Balaban J connectivity index is 1.55. The quantitative estimate of drug-likeness (QED) is 0.396. The number of nitrogens with zero attached hydrogens (tertiary/aromatic N) is 3. The molecule has 146 valence electrons. The van der Waals surface area contributed by atoms with Crippen molar-refractivity contribution in [1.29, 1.82) is 0 Å².